The molecular weight excluding hydrogens is 324 g/mol. The minimum atomic E-state index is -0.546. The smallest absolute Gasteiger partial charge is 0.339 e. The first-order valence-electron chi connectivity index (χ1n) is 8.59. The number of H-pyrrole nitrogens is 1. The van der Waals surface area contributed by atoms with Crippen molar-refractivity contribution in [2.75, 3.05) is 26.8 Å². The Labute approximate surface area is 147 Å². The van der Waals surface area contributed by atoms with E-state index in [-0.39, 0.29) is 29.8 Å². The summed E-state index contributed by atoms with van der Waals surface area (Å²) in [5.74, 6) is -0.823. The van der Waals surface area contributed by atoms with Crippen molar-refractivity contribution < 1.29 is 23.9 Å². The molecule has 0 spiro atoms. The van der Waals surface area contributed by atoms with Gasteiger partial charge in [-0.05, 0) is 32.3 Å². The van der Waals surface area contributed by atoms with Crippen molar-refractivity contribution in [1.29, 1.82) is 0 Å². The number of hydrogen-bond donors (Lipinski definition) is 1. The maximum atomic E-state index is 12.7. The number of rotatable bonds is 6. The van der Waals surface area contributed by atoms with Gasteiger partial charge in [0, 0.05) is 32.3 Å². The monoisotopic (exact) mass is 350 g/mol. The van der Waals surface area contributed by atoms with Gasteiger partial charge in [0.05, 0.1) is 30.9 Å². The van der Waals surface area contributed by atoms with Crippen LogP contribution in [0.2, 0.25) is 0 Å². The number of hydrogen-bond acceptors (Lipinski definition) is 5. The molecule has 1 aliphatic heterocycles. The Kier molecular flexibility index (Phi) is 6.36. The topological polar surface area (TPSA) is 88.7 Å². The van der Waals surface area contributed by atoms with E-state index in [4.69, 9.17) is 9.47 Å². The molecule has 0 radical (unpaired) electrons. The summed E-state index contributed by atoms with van der Waals surface area (Å²) in [5, 5.41) is 0. The van der Waals surface area contributed by atoms with Gasteiger partial charge in [-0.15, -0.1) is 0 Å². The average molecular weight is 350 g/mol. The van der Waals surface area contributed by atoms with Crippen LogP contribution in [0.5, 0.6) is 0 Å². The zero-order valence-electron chi connectivity index (χ0n) is 15.3. The minimum absolute atomic E-state index is 0.0252. The zero-order valence-corrected chi connectivity index (χ0v) is 15.3. The van der Waals surface area contributed by atoms with Gasteiger partial charge in [0.15, 0.2) is 5.78 Å². The van der Waals surface area contributed by atoms with E-state index in [9.17, 15) is 14.4 Å². The summed E-state index contributed by atoms with van der Waals surface area (Å²) >= 11 is 0. The Morgan fingerprint density at radius 2 is 2.04 bits per heavy atom. The normalized spacial score (nSPS) is 17.4. The molecule has 1 saturated heterocycles. The number of aromatic nitrogens is 1. The second kappa shape index (κ2) is 8.29. The van der Waals surface area contributed by atoms with Crippen molar-refractivity contribution in [3.63, 3.8) is 0 Å². The molecule has 7 heteroatoms. The fourth-order valence-electron chi connectivity index (χ4n) is 3.32. The molecule has 2 rings (SSSR count). The highest BCUT2D eigenvalue weighted by molar-refractivity contribution is 6.01. The molecule has 0 aromatic carbocycles. The van der Waals surface area contributed by atoms with Gasteiger partial charge in [0.1, 0.15) is 0 Å². The molecule has 25 heavy (non-hydrogen) atoms. The van der Waals surface area contributed by atoms with Crippen molar-refractivity contribution in [2.24, 2.45) is 0 Å². The fourth-order valence-corrected chi connectivity index (χ4v) is 3.32. The molecule has 138 valence electrons. The number of ether oxygens (including phenoxy) is 2. The van der Waals surface area contributed by atoms with Crippen LogP contribution in [0.4, 0.5) is 0 Å². The van der Waals surface area contributed by atoms with Crippen LogP contribution in [-0.4, -0.2) is 60.5 Å². The quantitative estimate of drug-likeness (QED) is 0.625. The number of amides is 1. The summed E-state index contributed by atoms with van der Waals surface area (Å²) in [6.45, 7) is 6.89. The van der Waals surface area contributed by atoms with Crippen LogP contribution >= 0.6 is 0 Å². The number of likely N-dealkylation sites (tertiary alicyclic amines) is 1. The van der Waals surface area contributed by atoms with Crippen LogP contribution in [0.3, 0.4) is 0 Å². The van der Waals surface area contributed by atoms with Crippen molar-refractivity contribution >= 4 is 17.7 Å². The predicted molar refractivity (Wildman–Crippen MR) is 91.8 cm³/mol. The van der Waals surface area contributed by atoms with E-state index in [0.717, 1.165) is 12.8 Å². The van der Waals surface area contributed by atoms with E-state index in [1.54, 1.807) is 11.8 Å². The highest BCUT2D eigenvalue weighted by Crippen LogP contribution is 2.22. The van der Waals surface area contributed by atoms with Crippen LogP contribution in [0.1, 0.15) is 58.8 Å². The summed E-state index contributed by atoms with van der Waals surface area (Å²) in [4.78, 5) is 41.2. The molecule has 1 atom stereocenters. The van der Waals surface area contributed by atoms with Crippen molar-refractivity contribution in [1.82, 2.24) is 9.88 Å². The number of methoxy groups -OCH3 is 1. The first kappa shape index (κ1) is 19.2. The Morgan fingerprint density at radius 3 is 2.64 bits per heavy atom. The minimum Gasteiger partial charge on any atom is -0.465 e. The molecule has 1 aliphatic rings. The molecule has 0 saturated carbocycles. The van der Waals surface area contributed by atoms with Crippen LogP contribution in [0, 0.1) is 6.92 Å². The first-order chi connectivity index (χ1) is 11.9. The number of nitrogens with one attached hydrogen (secondary N) is 1. The molecule has 2 heterocycles. The number of ketones is 1. The Bertz CT molecular complexity index is 663. The van der Waals surface area contributed by atoms with E-state index in [1.807, 2.05) is 6.92 Å². The molecule has 1 amide bonds. The van der Waals surface area contributed by atoms with Gasteiger partial charge in [-0.3, -0.25) is 9.59 Å². The van der Waals surface area contributed by atoms with E-state index in [1.165, 1.54) is 14.0 Å². The number of piperidine rings is 1. The van der Waals surface area contributed by atoms with Gasteiger partial charge < -0.3 is 19.4 Å². The van der Waals surface area contributed by atoms with E-state index in [0.29, 0.717) is 36.6 Å². The largest absolute Gasteiger partial charge is 0.465 e. The molecule has 7 nitrogen and oxygen atoms in total. The summed E-state index contributed by atoms with van der Waals surface area (Å²) in [7, 11) is 1.28. The van der Waals surface area contributed by atoms with Gasteiger partial charge in [-0.2, -0.15) is 0 Å². The molecule has 1 N–H and O–H groups in total. The van der Waals surface area contributed by atoms with Crippen LogP contribution in [0.25, 0.3) is 0 Å². The molecule has 1 unspecified atom stereocenters. The number of esters is 1. The van der Waals surface area contributed by atoms with Crippen LogP contribution in [-0.2, 0) is 20.7 Å². The Morgan fingerprint density at radius 1 is 1.32 bits per heavy atom. The summed E-state index contributed by atoms with van der Waals surface area (Å²) in [6, 6.07) is 0. The Balaban J connectivity index is 2.21. The number of nitrogens with zero attached hydrogens (tertiary/aromatic N) is 1. The van der Waals surface area contributed by atoms with Crippen LogP contribution < -0.4 is 0 Å². The first-order valence-corrected chi connectivity index (χ1v) is 8.59. The highest BCUT2D eigenvalue weighted by atomic mass is 16.5. The number of carbonyl (C=O) groups is 3. The fraction of sp³-hybridized carbons (Fsp3) is 0.611. The van der Waals surface area contributed by atoms with Gasteiger partial charge in [-0.25, -0.2) is 4.79 Å². The van der Waals surface area contributed by atoms with Crippen LogP contribution in [0.15, 0.2) is 0 Å². The second-order valence-electron chi connectivity index (χ2n) is 6.26. The third kappa shape index (κ3) is 4.28. The van der Waals surface area contributed by atoms with Gasteiger partial charge in [0.25, 0.3) is 0 Å². The van der Waals surface area contributed by atoms with Gasteiger partial charge >= 0.3 is 5.97 Å². The summed E-state index contributed by atoms with van der Waals surface area (Å²) in [6.07, 6.45) is 1.92. The molecule has 1 fully saturated rings. The third-order valence-corrected chi connectivity index (χ3v) is 4.53. The van der Waals surface area contributed by atoms with Gasteiger partial charge in [-0.1, -0.05) is 0 Å². The van der Waals surface area contributed by atoms with E-state index >= 15 is 0 Å². The molecule has 0 aliphatic carbocycles. The average Bonchev–Trinajstić information content (AvgIpc) is 2.91. The zero-order chi connectivity index (χ0) is 18.6. The standard InChI is InChI=1S/C18H26N2O5/c1-5-25-13-7-6-8-20(10-13)15(22)9-14-16(18(23)24-4)11(2)17(19-14)12(3)21/h13,19H,5-10H2,1-4H3. The number of carbonyl (C=O) groups excluding carboxylic acids is 3. The van der Waals surface area contributed by atoms with Gasteiger partial charge in [0.2, 0.25) is 5.91 Å². The van der Waals surface area contributed by atoms with Crippen molar-refractivity contribution in [2.45, 2.75) is 46.1 Å². The van der Waals surface area contributed by atoms with E-state index in [2.05, 4.69) is 4.98 Å². The molecule has 1 aromatic rings. The lowest BCUT2D eigenvalue weighted by Gasteiger charge is -2.32. The van der Waals surface area contributed by atoms with Crippen molar-refractivity contribution in [3.05, 3.63) is 22.5 Å². The molecule has 0 bridgehead atoms. The number of aromatic amines is 1. The molecule has 1 aromatic heterocycles. The lowest BCUT2D eigenvalue weighted by atomic mass is 10.0. The summed E-state index contributed by atoms with van der Waals surface area (Å²) < 4.78 is 10.4. The highest BCUT2D eigenvalue weighted by Gasteiger charge is 2.28. The Hall–Kier alpha value is -2.15. The lowest BCUT2D eigenvalue weighted by Crippen LogP contribution is -2.44. The summed E-state index contributed by atoms with van der Waals surface area (Å²) in [5.41, 5.74) is 1.57. The maximum Gasteiger partial charge on any atom is 0.339 e. The lowest BCUT2D eigenvalue weighted by molar-refractivity contribution is -0.134. The SMILES string of the molecule is CCOC1CCCN(C(=O)Cc2[nH]c(C(C)=O)c(C)c2C(=O)OC)C1. The third-order valence-electron chi connectivity index (χ3n) is 4.53. The van der Waals surface area contributed by atoms with E-state index < -0.39 is 5.97 Å². The maximum absolute atomic E-state index is 12.7. The predicted octanol–water partition coefficient (Wildman–Crippen LogP) is 1.88. The molecular formula is C18H26N2O5. The second-order valence-corrected chi connectivity index (χ2v) is 6.26. The van der Waals surface area contributed by atoms with Crippen molar-refractivity contribution in [3.8, 4) is 0 Å². The number of Topliss-reactive ketones (excluding diaryl/α,β-unsaturated/α-hetero) is 1.